The molecule has 35 heavy (non-hydrogen) atoms. The van der Waals surface area contributed by atoms with Crippen molar-refractivity contribution in [3.63, 3.8) is 0 Å². The number of amides is 2. The second kappa shape index (κ2) is 10.5. The minimum Gasteiger partial charge on any atom is -0.444 e. The van der Waals surface area contributed by atoms with E-state index in [9.17, 15) is 9.59 Å². The Morgan fingerprint density at radius 1 is 1.11 bits per heavy atom. The molecule has 188 valence electrons. The number of hydrogen-bond acceptors (Lipinski definition) is 8. The number of carbonyl (C=O) groups excluding carboxylic acids is 2. The van der Waals surface area contributed by atoms with Crippen LogP contribution < -0.4 is 16.0 Å². The molecule has 0 unspecified atom stereocenters. The summed E-state index contributed by atoms with van der Waals surface area (Å²) in [5, 5.41) is 3.47. The van der Waals surface area contributed by atoms with Crippen molar-refractivity contribution >= 4 is 23.6 Å². The molecule has 2 fully saturated rings. The molecule has 0 aliphatic carbocycles. The van der Waals surface area contributed by atoms with Gasteiger partial charge in [0, 0.05) is 62.8 Å². The van der Waals surface area contributed by atoms with Crippen molar-refractivity contribution < 1.29 is 19.1 Å². The number of ether oxygens (including phenoxy) is 2. The summed E-state index contributed by atoms with van der Waals surface area (Å²) in [5.41, 5.74) is 6.97. The van der Waals surface area contributed by atoms with Gasteiger partial charge in [0.05, 0.1) is 5.69 Å². The minimum atomic E-state index is -0.538. The van der Waals surface area contributed by atoms with Gasteiger partial charge < -0.3 is 30.3 Å². The number of nitrogens with one attached hydrogen (secondary N) is 1. The van der Waals surface area contributed by atoms with Gasteiger partial charge in [-0.2, -0.15) is 0 Å². The summed E-state index contributed by atoms with van der Waals surface area (Å²) in [4.78, 5) is 37.5. The fourth-order valence-corrected chi connectivity index (χ4v) is 4.13. The van der Waals surface area contributed by atoms with Crippen LogP contribution in [0, 0.1) is 0 Å². The van der Waals surface area contributed by atoms with E-state index in [0.29, 0.717) is 49.3 Å². The molecule has 2 aliphatic rings. The summed E-state index contributed by atoms with van der Waals surface area (Å²) in [7, 11) is 0. The standard InChI is InChI=1S/C25H34N6O4/c1-25(2,3)35-24(33)31-10-8-30(9-11-31)22-16-18(23(26)32)14-20(29-22)17-4-7-27-21(15-17)28-19-5-12-34-13-6-19/h4,7,14-16,19H,5-6,8-13H2,1-3H3,(H2,26,32)(H,27,28). The maximum Gasteiger partial charge on any atom is 0.410 e. The van der Waals surface area contributed by atoms with Crippen LogP contribution in [-0.4, -0.2) is 77.9 Å². The number of hydrogen-bond donors (Lipinski definition) is 2. The summed E-state index contributed by atoms with van der Waals surface area (Å²) in [6, 6.07) is 7.53. The van der Waals surface area contributed by atoms with Crippen LogP contribution in [0.25, 0.3) is 11.3 Å². The van der Waals surface area contributed by atoms with Crippen molar-refractivity contribution in [2.24, 2.45) is 5.73 Å². The first-order valence-corrected chi connectivity index (χ1v) is 12.0. The zero-order valence-electron chi connectivity index (χ0n) is 20.6. The van der Waals surface area contributed by atoms with E-state index in [4.69, 9.17) is 20.2 Å². The molecule has 4 rings (SSSR count). The maximum atomic E-state index is 12.4. The Labute approximate surface area is 205 Å². The summed E-state index contributed by atoms with van der Waals surface area (Å²) in [5.74, 6) is 0.890. The lowest BCUT2D eigenvalue weighted by Crippen LogP contribution is -2.50. The number of primary amides is 1. The van der Waals surface area contributed by atoms with E-state index in [1.807, 2.05) is 32.9 Å². The van der Waals surface area contributed by atoms with E-state index >= 15 is 0 Å². The fraction of sp³-hybridized carbons (Fsp3) is 0.520. The predicted molar refractivity (Wildman–Crippen MR) is 133 cm³/mol. The number of piperazine rings is 1. The van der Waals surface area contributed by atoms with Crippen LogP contribution >= 0.6 is 0 Å². The predicted octanol–water partition coefficient (Wildman–Crippen LogP) is 2.89. The lowest BCUT2D eigenvalue weighted by Gasteiger charge is -2.36. The summed E-state index contributed by atoms with van der Waals surface area (Å²) in [6.45, 7) is 9.18. The summed E-state index contributed by atoms with van der Waals surface area (Å²) < 4.78 is 10.9. The zero-order chi connectivity index (χ0) is 25.0. The molecule has 2 aromatic heterocycles. The normalized spacial score (nSPS) is 17.2. The maximum absolute atomic E-state index is 12.4. The molecule has 2 aliphatic heterocycles. The van der Waals surface area contributed by atoms with Gasteiger partial charge in [0.2, 0.25) is 5.91 Å². The third kappa shape index (κ3) is 6.60. The average Bonchev–Trinajstić information content (AvgIpc) is 2.83. The molecule has 0 aromatic carbocycles. The van der Waals surface area contributed by atoms with E-state index in [-0.39, 0.29) is 6.09 Å². The van der Waals surface area contributed by atoms with Crippen LogP contribution in [-0.2, 0) is 9.47 Å². The first kappa shape index (κ1) is 24.7. The van der Waals surface area contributed by atoms with Crippen molar-refractivity contribution in [2.75, 3.05) is 49.6 Å². The lowest BCUT2D eigenvalue weighted by atomic mass is 10.1. The van der Waals surface area contributed by atoms with Gasteiger partial charge in [-0.05, 0) is 57.9 Å². The van der Waals surface area contributed by atoms with Gasteiger partial charge in [-0.3, -0.25) is 4.79 Å². The molecule has 4 heterocycles. The molecule has 10 nitrogen and oxygen atoms in total. The summed E-state index contributed by atoms with van der Waals surface area (Å²) in [6.07, 6.45) is 3.27. The average molecular weight is 483 g/mol. The summed E-state index contributed by atoms with van der Waals surface area (Å²) >= 11 is 0. The number of anilines is 2. The number of rotatable bonds is 5. The number of carbonyl (C=O) groups is 2. The van der Waals surface area contributed by atoms with Crippen molar-refractivity contribution in [3.05, 3.63) is 36.0 Å². The second-order valence-electron chi connectivity index (χ2n) is 9.88. The van der Waals surface area contributed by atoms with Crippen LogP contribution in [0.5, 0.6) is 0 Å². The monoisotopic (exact) mass is 482 g/mol. The largest absolute Gasteiger partial charge is 0.444 e. The fourth-order valence-electron chi connectivity index (χ4n) is 4.13. The van der Waals surface area contributed by atoms with Gasteiger partial charge in [-0.15, -0.1) is 0 Å². The Hall–Kier alpha value is -3.40. The van der Waals surface area contributed by atoms with Crippen molar-refractivity contribution in [2.45, 2.75) is 45.3 Å². The molecule has 10 heteroatoms. The Morgan fingerprint density at radius 2 is 1.83 bits per heavy atom. The van der Waals surface area contributed by atoms with E-state index in [1.54, 1.807) is 23.2 Å². The zero-order valence-corrected chi connectivity index (χ0v) is 20.6. The molecule has 0 spiro atoms. The van der Waals surface area contributed by atoms with E-state index in [1.165, 1.54) is 0 Å². The van der Waals surface area contributed by atoms with Gasteiger partial charge in [-0.1, -0.05) is 0 Å². The van der Waals surface area contributed by atoms with Crippen LogP contribution in [0.4, 0.5) is 16.4 Å². The highest BCUT2D eigenvalue weighted by atomic mass is 16.6. The van der Waals surface area contributed by atoms with Gasteiger partial charge in [0.25, 0.3) is 0 Å². The van der Waals surface area contributed by atoms with Crippen LogP contribution in [0.3, 0.4) is 0 Å². The number of pyridine rings is 2. The second-order valence-corrected chi connectivity index (χ2v) is 9.88. The van der Waals surface area contributed by atoms with Gasteiger partial charge in [0.1, 0.15) is 17.2 Å². The minimum absolute atomic E-state index is 0.313. The van der Waals surface area contributed by atoms with Crippen LogP contribution in [0.15, 0.2) is 30.5 Å². The van der Waals surface area contributed by atoms with Crippen molar-refractivity contribution in [3.8, 4) is 11.3 Å². The Kier molecular flexibility index (Phi) is 7.39. The van der Waals surface area contributed by atoms with Crippen LogP contribution in [0.2, 0.25) is 0 Å². The smallest absolute Gasteiger partial charge is 0.410 e. The number of nitrogens with two attached hydrogens (primary N) is 1. The topological polar surface area (TPSA) is 123 Å². The first-order chi connectivity index (χ1) is 16.7. The van der Waals surface area contributed by atoms with E-state index < -0.39 is 11.5 Å². The number of aromatic nitrogens is 2. The molecule has 2 aromatic rings. The number of nitrogens with zero attached hydrogens (tertiary/aromatic N) is 4. The first-order valence-electron chi connectivity index (χ1n) is 12.0. The molecule has 0 radical (unpaired) electrons. The lowest BCUT2D eigenvalue weighted by molar-refractivity contribution is 0.0240. The van der Waals surface area contributed by atoms with Gasteiger partial charge >= 0.3 is 6.09 Å². The SMILES string of the molecule is CC(C)(C)OC(=O)N1CCN(c2cc(C(N)=O)cc(-c3ccnc(NC4CCOCC4)c3)n2)CC1. The van der Waals surface area contributed by atoms with E-state index in [0.717, 1.165) is 37.4 Å². The highest BCUT2D eigenvalue weighted by Gasteiger charge is 2.27. The molecule has 0 saturated carbocycles. The molecule has 3 N–H and O–H groups in total. The van der Waals surface area contributed by atoms with Gasteiger partial charge in [-0.25, -0.2) is 14.8 Å². The quantitative estimate of drug-likeness (QED) is 0.667. The van der Waals surface area contributed by atoms with Gasteiger partial charge in [0.15, 0.2) is 0 Å². The Morgan fingerprint density at radius 3 is 2.49 bits per heavy atom. The Balaban J connectivity index is 1.51. The molecule has 0 atom stereocenters. The van der Waals surface area contributed by atoms with E-state index in [2.05, 4.69) is 15.2 Å². The third-order valence-corrected chi connectivity index (χ3v) is 5.98. The molecular weight excluding hydrogens is 448 g/mol. The highest BCUT2D eigenvalue weighted by molar-refractivity contribution is 5.94. The van der Waals surface area contributed by atoms with Crippen LogP contribution in [0.1, 0.15) is 44.0 Å². The third-order valence-electron chi connectivity index (χ3n) is 5.98. The highest BCUT2D eigenvalue weighted by Crippen LogP contribution is 2.26. The molecule has 0 bridgehead atoms. The Bertz CT molecular complexity index is 1060. The molecule has 2 amide bonds. The molecule has 2 saturated heterocycles. The van der Waals surface area contributed by atoms with Crippen molar-refractivity contribution in [1.29, 1.82) is 0 Å². The molecular formula is C25H34N6O4. The van der Waals surface area contributed by atoms with Crippen molar-refractivity contribution in [1.82, 2.24) is 14.9 Å².